The molecule has 1 heterocycles. The molecule has 0 unspecified atom stereocenters. The van der Waals surface area contributed by atoms with E-state index in [1.165, 1.54) is 12.1 Å². The van der Waals surface area contributed by atoms with E-state index in [2.05, 4.69) is 10.2 Å². The third-order valence-electron chi connectivity index (χ3n) is 3.30. The van der Waals surface area contributed by atoms with Gasteiger partial charge in [-0.25, -0.2) is 0 Å². The van der Waals surface area contributed by atoms with E-state index >= 15 is 0 Å². The summed E-state index contributed by atoms with van der Waals surface area (Å²) in [5.41, 5.74) is 0.0624. The Balaban J connectivity index is 1.79. The Bertz CT molecular complexity index is 482. The van der Waals surface area contributed by atoms with E-state index < -0.39 is 5.91 Å². The molecule has 2 N–H and O–H groups in total. The van der Waals surface area contributed by atoms with Crippen LogP contribution in [0.15, 0.2) is 12.1 Å². The third kappa shape index (κ3) is 4.74. The number of carbonyl (C=O) groups is 1. The fourth-order valence-electron chi connectivity index (χ4n) is 2.20. The standard InChI is InChI=1S/C14H18Cl2N2O3/c15-10-8-11(16)13(12(19)9-10)14(20)17-2-1-3-18-4-6-21-7-5-18/h8-9,19H,1-7H2,(H,17,20). The van der Waals surface area contributed by atoms with Crippen molar-refractivity contribution in [3.8, 4) is 5.75 Å². The van der Waals surface area contributed by atoms with Crippen LogP contribution in [0.5, 0.6) is 5.75 Å². The maximum absolute atomic E-state index is 12.0. The van der Waals surface area contributed by atoms with Crippen LogP contribution in [-0.2, 0) is 4.74 Å². The van der Waals surface area contributed by atoms with Crippen molar-refractivity contribution in [1.29, 1.82) is 0 Å². The van der Waals surface area contributed by atoms with Gasteiger partial charge in [0.15, 0.2) is 0 Å². The predicted molar refractivity (Wildman–Crippen MR) is 82.3 cm³/mol. The van der Waals surface area contributed by atoms with Gasteiger partial charge in [-0.05, 0) is 25.1 Å². The number of hydrogen-bond donors (Lipinski definition) is 2. The number of nitrogens with one attached hydrogen (secondary N) is 1. The second kappa shape index (κ2) is 7.84. The second-order valence-corrected chi connectivity index (χ2v) is 5.69. The van der Waals surface area contributed by atoms with E-state index in [0.717, 1.165) is 39.3 Å². The molecule has 0 saturated carbocycles. The van der Waals surface area contributed by atoms with Crippen LogP contribution in [-0.4, -0.2) is 55.3 Å². The fourth-order valence-corrected chi connectivity index (χ4v) is 2.77. The highest BCUT2D eigenvalue weighted by Gasteiger charge is 2.16. The number of carbonyl (C=O) groups excluding carboxylic acids is 1. The van der Waals surface area contributed by atoms with Crippen LogP contribution < -0.4 is 5.32 Å². The number of morpholine rings is 1. The molecule has 1 aromatic carbocycles. The van der Waals surface area contributed by atoms with Crippen LogP contribution in [0.25, 0.3) is 0 Å². The average molecular weight is 333 g/mol. The first-order chi connectivity index (χ1) is 10.1. The lowest BCUT2D eigenvalue weighted by molar-refractivity contribution is 0.0374. The summed E-state index contributed by atoms with van der Waals surface area (Å²) in [5.74, 6) is -0.602. The molecular weight excluding hydrogens is 315 g/mol. The summed E-state index contributed by atoms with van der Waals surface area (Å²) in [6, 6.07) is 2.74. The van der Waals surface area contributed by atoms with Crippen molar-refractivity contribution in [2.24, 2.45) is 0 Å². The van der Waals surface area contributed by atoms with Crippen molar-refractivity contribution in [2.75, 3.05) is 39.4 Å². The smallest absolute Gasteiger partial charge is 0.256 e. The first-order valence-electron chi connectivity index (χ1n) is 6.84. The van der Waals surface area contributed by atoms with Crippen LogP contribution >= 0.6 is 23.2 Å². The van der Waals surface area contributed by atoms with Crippen molar-refractivity contribution in [1.82, 2.24) is 10.2 Å². The molecule has 0 bridgehead atoms. The number of aromatic hydroxyl groups is 1. The first kappa shape index (κ1) is 16.4. The van der Waals surface area contributed by atoms with Crippen molar-refractivity contribution < 1.29 is 14.6 Å². The number of halogens is 2. The highest BCUT2D eigenvalue weighted by atomic mass is 35.5. The second-order valence-electron chi connectivity index (χ2n) is 4.85. The van der Waals surface area contributed by atoms with Crippen LogP contribution in [0.2, 0.25) is 10.0 Å². The molecule has 1 fully saturated rings. The zero-order chi connectivity index (χ0) is 15.2. The van der Waals surface area contributed by atoms with Crippen molar-refractivity contribution >= 4 is 29.1 Å². The largest absolute Gasteiger partial charge is 0.507 e. The molecule has 0 atom stereocenters. The Morgan fingerprint density at radius 1 is 1.33 bits per heavy atom. The molecule has 1 aliphatic heterocycles. The number of ether oxygens (including phenoxy) is 1. The minimum Gasteiger partial charge on any atom is -0.507 e. The van der Waals surface area contributed by atoms with Crippen molar-refractivity contribution in [3.63, 3.8) is 0 Å². The number of nitrogens with zero attached hydrogens (tertiary/aromatic N) is 1. The van der Waals surface area contributed by atoms with Gasteiger partial charge in [0.05, 0.1) is 23.8 Å². The summed E-state index contributed by atoms with van der Waals surface area (Å²) >= 11 is 11.7. The lowest BCUT2D eigenvalue weighted by Gasteiger charge is -2.26. The molecule has 2 rings (SSSR count). The predicted octanol–water partition coefficient (Wildman–Crippen LogP) is 2.15. The molecule has 1 saturated heterocycles. The zero-order valence-corrected chi connectivity index (χ0v) is 13.1. The lowest BCUT2D eigenvalue weighted by Crippen LogP contribution is -2.38. The summed E-state index contributed by atoms with van der Waals surface area (Å²) in [6.45, 7) is 4.81. The summed E-state index contributed by atoms with van der Waals surface area (Å²) < 4.78 is 5.27. The van der Waals surface area contributed by atoms with Gasteiger partial charge in [-0.2, -0.15) is 0 Å². The topological polar surface area (TPSA) is 61.8 Å². The maximum atomic E-state index is 12.0. The molecule has 0 spiro atoms. The number of phenols is 1. The molecule has 1 amide bonds. The molecule has 0 radical (unpaired) electrons. The summed E-state index contributed by atoms with van der Waals surface area (Å²) in [5, 5.41) is 12.9. The summed E-state index contributed by atoms with van der Waals surface area (Å²) in [4.78, 5) is 14.3. The van der Waals surface area contributed by atoms with E-state index in [0.29, 0.717) is 11.6 Å². The van der Waals surface area contributed by atoms with Gasteiger partial charge in [-0.1, -0.05) is 23.2 Å². The molecule has 1 aromatic rings. The Hall–Kier alpha value is -1.01. The molecule has 0 aromatic heterocycles. The van der Waals surface area contributed by atoms with Gasteiger partial charge in [-0.15, -0.1) is 0 Å². The van der Waals surface area contributed by atoms with Crippen molar-refractivity contribution in [3.05, 3.63) is 27.7 Å². The van der Waals surface area contributed by atoms with E-state index in [-0.39, 0.29) is 16.3 Å². The molecule has 21 heavy (non-hydrogen) atoms. The van der Waals surface area contributed by atoms with E-state index in [9.17, 15) is 9.90 Å². The Kier molecular flexibility index (Phi) is 6.11. The quantitative estimate of drug-likeness (QED) is 0.811. The van der Waals surface area contributed by atoms with Crippen LogP contribution in [0.4, 0.5) is 0 Å². The number of benzene rings is 1. The third-order valence-corrected chi connectivity index (χ3v) is 3.82. The molecule has 7 heteroatoms. The highest BCUT2D eigenvalue weighted by Crippen LogP contribution is 2.29. The van der Waals surface area contributed by atoms with E-state index in [4.69, 9.17) is 27.9 Å². The molecule has 5 nitrogen and oxygen atoms in total. The van der Waals surface area contributed by atoms with Gasteiger partial charge in [0.25, 0.3) is 5.91 Å². The normalized spacial score (nSPS) is 15.9. The zero-order valence-electron chi connectivity index (χ0n) is 11.6. The molecule has 0 aliphatic carbocycles. The van der Waals surface area contributed by atoms with E-state index in [1.807, 2.05) is 0 Å². The van der Waals surface area contributed by atoms with Gasteiger partial charge in [0.1, 0.15) is 5.75 Å². The van der Waals surface area contributed by atoms with Gasteiger partial charge in [-0.3, -0.25) is 9.69 Å². The summed E-state index contributed by atoms with van der Waals surface area (Å²) in [6.07, 6.45) is 0.831. The lowest BCUT2D eigenvalue weighted by atomic mass is 10.2. The van der Waals surface area contributed by atoms with Gasteiger partial charge in [0.2, 0.25) is 0 Å². The van der Waals surface area contributed by atoms with E-state index in [1.54, 1.807) is 0 Å². The summed E-state index contributed by atoms with van der Waals surface area (Å²) in [7, 11) is 0. The Morgan fingerprint density at radius 3 is 2.71 bits per heavy atom. The molecule has 1 aliphatic rings. The van der Waals surface area contributed by atoms with Crippen LogP contribution in [0.3, 0.4) is 0 Å². The SMILES string of the molecule is O=C(NCCCN1CCOCC1)c1c(O)cc(Cl)cc1Cl. The minimum atomic E-state index is -0.392. The number of hydrogen-bond acceptors (Lipinski definition) is 4. The monoisotopic (exact) mass is 332 g/mol. The van der Waals surface area contributed by atoms with Crippen LogP contribution in [0, 0.1) is 0 Å². The van der Waals surface area contributed by atoms with Crippen LogP contribution in [0.1, 0.15) is 16.8 Å². The molecular formula is C14H18Cl2N2O3. The minimum absolute atomic E-state index is 0.0624. The molecule has 116 valence electrons. The van der Waals surface area contributed by atoms with Crippen molar-refractivity contribution in [2.45, 2.75) is 6.42 Å². The Morgan fingerprint density at radius 2 is 2.05 bits per heavy atom. The van der Waals surface area contributed by atoms with Gasteiger partial charge in [0, 0.05) is 24.7 Å². The fraction of sp³-hybridized carbons (Fsp3) is 0.500. The van der Waals surface area contributed by atoms with Gasteiger partial charge < -0.3 is 15.2 Å². The number of rotatable bonds is 5. The first-order valence-corrected chi connectivity index (χ1v) is 7.60. The number of phenolic OH excluding ortho intramolecular Hbond substituents is 1. The Labute approximate surface area is 133 Å². The highest BCUT2D eigenvalue weighted by molar-refractivity contribution is 6.37. The number of amides is 1. The maximum Gasteiger partial charge on any atom is 0.256 e. The van der Waals surface area contributed by atoms with Gasteiger partial charge >= 0.3 is 0 Å². The average Bonchev–Trinajstić information content (AvgIpc) is 2.43.